The van der Waals surface area contributed by atoms with Gasteiger partial charge < -0.3 is 4.90 Å². The van der Waals surface area contributed by atoms with Crippen LogP contribution >= 0.6 is 12.2 Å². The standard InChI is InChI=1S/C19H26N4S/c1-15-7-2-4-10-17(15)22-13-20-23(19(22)24)14-21-12-6-9-16-8-3-5-11-18(16)21/h2,4,7,10,13,16,18H,3,5-6,8-9,11-12,14H2,1H3/p+1/t16-,18-/m0/s1. The molecule has 0 bridgehead atoms. The molecule has 1 saturated heterocycles. The molecule has 2 aliphatic rings. The average Bonchev–Trinajstić information content (AvgIpc) is 2.96. The van der Waals surface area contributed by atoms with E-state index in [0.29, 0.717) is 0 Å². The lowest BCUT2D eigenvalue weighted by Crippen LogP contribution is -3.17. The van der Waals surface area contributed by atoms with E-state index in [1.807, 2.05) is 15.6 Å². The van der Waals surface area contributed by atoms with Crippen molar-refractivity contribution < 1.29 is 4.90 Å². The number of quaternary nitrogens is 1. The number of benzene rings is 1. The lowest BCUT2D eigenvalue weighted by molar-refractivity contribution is -0.958. The molecule has 0 spiro atoms. The minimum atomic E-state index is 0.815. The summed E-state index contributed by atoms with van der Waals surface area (Å²) in [5, 5.41) is 4.62. The molecule has 5 heteroatoms. The Morgan fingerprint density at radius 2 is 1.96 bits per heavy atom. The van der Waals surface area contributed by atoms with Crippen LogP contribution in [0.2, 0.25) is 0 Å². The van der Waals surface area contributed by atoms with E-state index in [4.69, 9.17) is 12.2 Å². The van der Waals surface area contributed by atoms with Gasteiger partial charge in [-0.05, 0) is 62.9 Å². The lowest BCUT2D eigenvalue weighted by Gasteiger charge is -2.40. The average molecular weight is 344 g/mol. The van der Waals surface area contributed by atoms with Gasteiger partial charge in [-0.25, -0.2) is 0 Å². The van der Waals surface area contributed by atoms with Crippen LogP contribution in [0.1, 0.15) is 44.1 Å². The summed E-state index contributed by atoms with van der Waals surface area (Å²) in [6.45, 7) is 4.30. The first-order chi connectivity index (χ1) is 11.7. The Kier molecular flexibility index (Phi) is 4.55. The topological polar surface area (TPSA) is 27.2 Å². The zero-order valence-electron chi connectivity index (χ0n) is 14.4. The minimum Gasteiger partial charge on any atom is -0.314 e. The van der Waals surface area contributed by atoms with Crippen LogP contribution in [0.4, 0.5) is 0 Å². The number of nitrogens with one attached hydrogen (secondary N) is 1. The zero-order chi connectivity index (χ0) is 16.5. The van der Waals surface area contributed by atoms with Crippen molar-refractivity contribution in [3.63, 3.8) is 0 Å². The van der Waals surface area contributed by atoms with E-state index in [1.54, 1.807) is 4.90 Å². The van der Waals surface area contributed by atoms with Gasteiger partial charge in [0.2, 0.25) is 4.77 Å². The van der Waals surface area contributed by atoms with Crippen molar-refractivity contribution >= 4 is 12.2 Å². The highest BCUT2D eigenvalue weighted by atomic mass is 32.1. The van der Waals surface area contributed by atoms with Crippen LogP contribution in [0, 0.1) is 17.6 Å². The number of rotatable bonds is 3. The molecule has 4 nitrogen and oxygen atoms in total. The number of piperidine rings is 1. The first kappa shape index (κ1) is 16.0. The van der Waals surface area contributed by atoms with Crippen LogP contribution in [-0.2, 0) is 6.67 Å². The zero-order valence-corrected chi connectivity index (χ0v) is 15.3. The Labute approximate surface area is 149 Å². The first-order valence-electron chi connectivity index (χ1n) is 9.29. The van der Waals surface area contributed by atoms with Crippen LogP contribution in [0.3, 0.4) is 0 Å². The molecule has 1 aliphatic carbocycles. The molecule has 0 amide bonds. The van der Waals surface area contributed by atoms with E-state index < -0.39 is 0 Å². The molecular weight excluding hydrogens is 316 g/mol. The number of aromatic nitrogens is 3. The number of aryl methyl sites for hydroxylation is 1. The predicted octanol–water partition coefficient (Wildman–Crippen LogP) is 2.91. The van der Waals surface area contributed by atoms with Crippen molar-refractivity contribution in [1.29, 1.82) is 0 Å². The fourth-order valence-corrected chi connectivity index (χ4v) is 4.96. The van der Waals surface area contributed by atoms with E-state index in [-0.39, 0.29) is 0 Å². The number of likely N-dealkylation sites (tertiary alicyclic amines) is 1. The second-order valence-electron chi connectivity index (χ2n) is 7.43. The Bertz CT molecular complexity index is 761. The number of nitrogens with zero attached hydrogens (tertiary/aromatic N) is 3. The van der Waals surface area contributed by atoms with Crippen molar-refractivity contribution in [2.75, 3.05) is 6.54 Å². The summed E-state index contributed by atoms with van der Waals surface area (Å²) >= 11 is 5.73. The van der Waals surface area contributed by atoms with Crippen LogP contribution in [0.5, 0.6) is 0 Å². The summed E-state index contributed by atoms with van der Waals surface area (Å²) in [5.74, 6) is 0.926. The number of hydrogen-bond acceptors (Lipinski definition) is 2. The second kappa shape index (κ2) is 6.81. The minimum absolute atomic E-state index is 0.815. The Morgan fingerprint density at radius 1 is 1.17 bits per heavy atom. The van der Waals surface area contributed by atoms with Crippen molar-refractivity contribution in [3.8, 4) is 5.69 Å². The molecule has 1 N–H and O–H groups in total. The maximum atomic E-state index is 5.73. The predicted molar refractivity (Wildman–Crippen MR) is 97.9 cm³/mol. The molecule has 128 valence electrons. The first-order valence-corrected chi connectivity index (χ1v) is 9.70. The highest BCUT2D eigenvalue weighted by Crippen LogP contribution is 2.28. The van der Waals surface area contributed by atoms with Gasteiger partial charge in [-0.1, -0.05) is 24.6 Å². The number of fused-ring (bicyclic) bond motifs is 1. The molecule has 1 aromatic carbocycles. The summed E-state index contributed by atoms with van der Waals surface area (Å²) < 4.78 is 4.90. The number of hydrogen-bond donors (Lipinski definition) is 1. The van der Waals surface area contributed by atoms with Crippen LogP contribution in [-0.4, -0.2) is 26.9 Å². The van der Waals surface area contributed by atoms with E-state index in [1.165, 1.54) is 50.6 Å². The summed E-state index contributed by atoms with van der Waals surface area (Å²) in [7, 11) is 0. The maximum absolute atomic E-state index is 5.73. The van der Waals surface area contributed by atoms with Crippen molar-refractivity contribution in [2.45, 2.75) is 58.2 Å². The molecule has 2 heterocycles. The number of para-hydroxylation sites is 1. The smallest absolute Gasteiger partial charge is 0.207 e. The summed E-state index contributed by atoms with van der Waals surface area (Å²) in [6.07, 6.45) is 10.3. The third-order valence-electron chi connectivity index (χ3n) is 5.97. The Morgan fingerprint density at radius 3 is 2.83 bits per heavy atom. The quantitative estimate of drug-likeness (QED) is 0.868. The van der Waals surface area contributed by atoms with Gasteiger partial charge in [0.15, 0.2) is 6.67 Å². The maximum Gasteiger partial charge on any atom is 0.207 e. The van der Waals surface area contributed by atoms with Gasteiger partial charge in [-0.15, -0.1) is 0 Å². The fourth-order valence-electron chi connectivity index (χ4n) is 4.70. The summed E-state index contributed by atoms with van der Waals surface area (Å²) in [5.41, 5.74) is 2.36. The molecule has 2 aromatic rings. The molecule has 0 radical (unpaired) electrons. The highest BCUT2D eigenvalue weighted by molar-refractivity contribution is 7.71. The third kappa shape index (κ3) is 2.95. The monoisotopic (exact) mass is 343 g/mol. The van der Waals surface area contributed by atoms with E-state index in [0.717, 1.165) is 29.1 Å². The molecule has 1 aromatic heterocycles. The van der Waals surface area contributed by atoms with Gasteiger partial charge in [-0.3, -0.25) is 4.57 Å². The van der Waals surface area contributed by atoms with Gasteiger partial charge in [0, 0.05) is 5.92 Å². The molecule has 1 aliphatic heterocycles. The molecule has 1 unspecified atom stereocenters. The normalized spacial score (nSPS) is 27.0. The van der Waals surface area contributed by atoms with Crippen LogP contribution in [0.25, 0.3) is 5.69 Å². The van der Waals surface area contributed by atoms with E-state index in [9.17, 15) is 0 Å². The van der Waals surface area contributed by atoms with E-state index >= 15 is 0 Å². The lowest BCUT2D eigenvalue weighted by atomic mass is 9.78. The highest BCUT2D eigenvalue weighted by Gasteiger charge is 2.36. The third-order valence-corrected chi connectivity index (χ3v) is 6.37. The van der Waals surface area contributed by atoms with Crippen molar-refractivity contribution in [1.82, 2.24) is 14.3 Å². The van der Waals surface area contributed by atoms with Crippen molar-refractivity contribution in [3.05, 3.63) is 40.9 Å². The molecule has 3 atom stereocenters. The molecule has 1 saturated carbocycles. The molecule has 2 fully saturated rings. The Hall–Kier alpha value is -1.46. The van der Waals surface area contributed by atoms with Gasteiger partial charge >= 0.3 is 0 Å². The van der Waals surface area contributed by atoms with E-state index in [2.05, 4.69) is 36.3 Å². The van der Waals surface area contributed by atoms with Crippen molar-refractivity contribution in [2.24, 2.45) is 5.92 Å². The molecule has 24 heavy (non-hydrogen) atoms. The van der Waals surface area contributed by atoms with Gasteiger partial charge in [-0.2, -0.15) is 9.78 Å². The van der Waals surface area contributed by atoms with Crippen LogP contribution < -0.4 is 4.90 Å². The summed E-state index contributed by atoms with van der Waals surface area (Å²) in [4.78, 5) is 1.69. The Balaban J connectivity index is 1.57. The fraction of sp³-hybridized carbons (Fsp3) is 0.579. The summed E-state index contributed by atoms with van der Waals surface area (Å²) in [6, 6.07) is 9.18. The van der Waals surface area contributed by atoms with Gasteiger partial charge in [0.1, 0.15) is 6.33 Å². The van der Waals surface area contributed by atoms with Gasteiger partial charge in [0.05, 0.1) is 18.3 Å². The van der Waals surface area contributed by atoms with Gasteiger partial charge in [0.25, 0.3) is 0 Å². The SMILES string of the molecule is Cc1ccccc1-n1cnn(C[NH+]2CCC[C@@H]3CCCC[C@@H]32)c1=S. The molecular formula is C19H27N4S+. The largest absolute Gasteiger partial charge is 0.314 e. The van der Waals surface area contributed by atoms with Crippen LogP contribution in [0.15, 0.2) is 30.6 Å². The molecule has 4 rings (SSSR count). The second-order valence-corrected chi connectivity index (χ2v) is 7.79.